The number of carbonyl (C=O) groups is 1. The standard InChI is InChI=1S/C29H30N2OS/c1-4-20(2)27(22-13-7-5-8-14-22)31-28(23-15-9-6-10-16-23)21(3)30-29(32)26-19-24-17-11-12-18-25(24)33-26/h5-10,12-16,18-20H,4,11,17H2,1-3H3,(H,30,32)/b28-21+,31-27?. The molecule has 0 saturated carbocycles. The molecule has 1 aromatic heterocycles. The van der Waals surface area contributed by atoms with Crippen molar-refractivity contribution in [3.8, 4) is 0 Å². The molecule has 4 rings (SSSR count). The van der Waals surface area contributed by atoms with Gasteiger partial charge < -0.3 is 5.32 Å². The molecule has 0 radical (unpaired) electrons. The van der Waals surface area contributed by atoms with Gasteiger partial charge in [0, 0.05) is 16.1 Å². The van der Waals surface area contributed by atoms with Crippen LogP contribution in [0.5, 0.6) is 0 Å². The zero-order valence-corrected chi connectivity index (χ0v) is 20.3. The molecule has 0 bridgehead atoms. The van der Waals surface area contributed by atoms with Crippen LogP contribution < -0.4 is 5.32 Å². The highest BCUT2D eigenvalue weighted by Crippen LogP contribution is 2.29. The summed E-state index contributed by atoms with van der Waals surface area (Å²) >= 11 is 1.55. The van der Waals surface area contributed by atoms with E-state index in [-0.39, 0.29) is 11.8 Å². The fourth-order valence-corrected chi connectivity index (χ4v) is 4.99. The summed E-state index contributed by atoms with van der Waals surface area (Å²) in [6.45, 7) is 6.32. The van der Waals surface area contributed by atoms with E-state index in [1.54, 1.807) is 11.3 Å². The van der Waals surface area contributed by atoms with Gasteiger partial charge in [0.25, 0.3) is 5.91 Å². The van der Waals surface area contributed by atoms with Crippen LogP contribution in [-0.4, -0.2) is 11.6 Å². The summed E-state index contributed by atoms with van der Waals surface area (Å²) in [6, 6.07) is 22.4. The van der Waals surface area contributed by atoms with Gasteiger partial charge in [-0.05, 0) is 55.4 Å². The fraction of sp³-hybridized carbons (Fsp3) is 0.241. The van der Waals surface area contributed by atoms with E-state index in [4.69, 9.17) is 4.99 Å². The third-order valence-corrected chi connectivity index (χ3v) is 7.14. The predicted molar refractivity (Wildman–Crippen MR) is 141 cm³/mol. The van der Waals surface area contributed by atoms with E-state index in [1.165, 1.54) is 10.4 Å². The molecular weight excluding hydrogens is 424 g/mol. The molecule has 0 aliphatic heterocycles. The third kappa shape index (κ3) is 5.40. The number of hydrogen-bond donors (Lipinski definition) is 1. The Bertz CT molecular complexity index is 1200. The largest absolute Gasteiger partial charge is 0.323 e. The predicted octanol–water partition coefficient (Wildman–Crippen LogP) is 7.36. The van der Waals surface area contributed by atoms with Crippen molar-refractivity contribution in [2.45, 2.75) is 40.0 Å². The number of nitrogens with zero attached hydrogens (tertiary/aromatic N) is 1. The number of rotatable bonds is 7. The lowest BCUT2D eigenvalue weighted by atomic mass is 9.95. The molecule has 0 saturated heterocycles. The van der Waals surface area contributed by atoms with Crippen molar-refractivity contribution in [2.24, 2.45) is 10.9 Å². The lowest BCUT2D eigenvalue weighted by Crippen LogP contribution is -2.22. The number of nitrogens with one attached hydrogen (secondary N) is 1. The van der Waals surface area contributed by atoms with Gasteiger partial charge in [-0.3, -0.25) is 9.79 Å². The van der Waals surface area contributed by atoms with Crippen molar-refractivity contribution in [3.63, 3.8) is 0 Å². The van der Waals surface area contributed by atoms with Gasteiger partial charge >= 0.3 is 0 Å². The van der Waals surface area contributed by atoms with Crippen LogP contribution in [0.2, 0.25) is 0 Å². The molecule has 168 valence electrons. The summed E-state index contributed by atoms with van der Waals surface area (Å²) in [5.74, 6) is 0.208. The molecule has 2 aromatic carbocycles. The molecule has 1 unspecified atom stereocenters. The summed E-state index contributed by atoms with van der Waals surface area (Å²) in [7, 11) is 0. The Labute approximate surface area is 200 Å². The number of allylic oxidation sites excluding steroid dienone is 2. The summed E-state index contributed by atoms with van der Waals surface area (Å²) in [5, 5.41) is 3.14. The Balaban J connectivity index is 1.74. The molecule has 1 aliphatic rings. The SMILES string of the molecule is CCC(C)C(=N/C(=C(\C)NC(=O)c1cc2c(s1)C=CCC2)c1ccccc1)c1ccccc1. The minimum Gasteiger partial charge on any atom is -0.323 e. The average molecular weight is 455 g/mol. The Hall–Kier alpha value is -3.24. The second-order valence-corrected chi connectivity index (χ2v) is 9.49. The molecule has 3 nitrogen and oxygen atoms in total. The highest BCUT2D eigenvalue weighted by Gasteiger charge is 2.18. The molecule has 1 atom stereocenters. The van der Waals surface area contributed by atoms with Crippen molar-refractivity contribution in [1.82, 2.24) is 5.32 Å². The number of amides is 1. The van der Waals surface area contributed by atoms with Crippen LogP contribution in [0.1, 0.15) is 64.9 Å². The first-order valence-corrected chi connectivity index (χ1v) is 12.4. The van der Waals surface area contributed by atoms with E-state index < -0.39 is 0 Å². The van der Waals surface area contributed by atoms with Crippen LogP contribution >= 0.6 is 11.3 Å². The topological polar surface area (TPSA) is 41.5 Å². The molecule has 0 spiro atoms. The molecule has 33 heavy (non-hydrogen) atoms. The first-order valence-electron chi connectivity index (χ1n) is 11.6. The molecule has 0 fully saturated rings. The van der Waals surface area contributed by atoms with Crippen molar-refractivity contribution in [3.05, 3.63) is 105 Å². The normalized spacial score (nSPS) is 14.9. The zero-order valence-electron chi connectivity index (χ0n) is 19.5. The zero-order chi connectivity index (χ0) is 23.2. The number of aliphatic imine (C=N–C) groups is 1. The quantitative estimate of drug-likeness (QED) is 0.372. The second kappa shape index (κ2) is 10.6. The van der Waals surface area contributed by atoms with Crippen molar-refractivity contribution >= 4 is 34.7 Å². The number of fused-ring (bicyclic) bond motifs is 1. The van der Waals surface area contributed by atoms with E-state index in [9.17, 15) is 4.79 Å². The maximum atomic E-state index is 13.1. The van der Waals surface area contributed by atoms with Gasteiger partial charge in [0.05, 0.1) is 16.3 Å². The van der Waals surface area contributed by atoms with E-state index in [0.717, 1.165) is 52.4 Å². The van der Waals surface area contributed by atoms with Gasteiger partial charge in [-0.2, -0.15) is 0 Å². The molecule has 1 N–H and O–H groups in total. The lowest BCUT2D eigenvalue weighted by Gasteiger charge is -2.17. The Morgan fingerprint density at radius 2 is 1.73 bits per heavy atom. The van der Waals surface area contributed by atoms with Gasteiger partial charge in [0.2, 0.25) is 0 Å². The molecule has 1 aliphatic carbocycles. The Morgan fingerprint density at radius 1 is 1.06 bits per heavy atom. The first-order chi connectivity index (χ1) is 16.1. The van der Waals surface area contributed by atoms with Gasteiger partial charge in [-0.25, -0.2) is 0 Å². The van der Waals surface area contributed by atoms with Crippen LogP contribution in [-0.2, 0) is 6.42 Å². The lowest BCUT2D eigenvalue weighted by molar-refractivity contribution is 0.0970. The van der Waals surface area contributed by atoms with Crippen LogP contribution in [0.4, 0.5) is 0 Å². The maximum Gasteiger partial charge on any atom is 0.265 e. The van der Waals surface area contributed by atoms with Gasteiger partial charge in [-0.1, -0.05) is 80.6 Å². The number of thiophene rings is 1. The fourth-order valence-electron chi connectivity index (χ4n) is 3.95. The van der Waals surface area contributed by atoms with Crippen molar-refractivity contribution in [2.75, 3.05) is 0 Å². The molecule has 1 heterocycles. The summed E-state index contributed by atoms with van der Waals surface area (Å²) in [4.78, 5) is 20.3. The minimum atomic E-state index is -0.0752. The number of hydrogen-bond acceptors (Lipinski definition) is 3. The van der Waals surface area contributed by atoms with Crippen LogP contribution in [0, 0.1) is 5.92 Å². The average Bonchev–Trinajstić information content (AvgIpc) is 3.30. The van der Waals surface area contributed by atoms with E-state index in [1.807, 2.05) is 61.5 Å². The first kappa shape index (κ1) is 22.9. The number of aryl methyl sites for hydroxylation is 1. The molecule has 4 heteroatoms. The summed E-state index contributed by atoms with van der Waals surface area (Å²) in [5.41, 5.74) is 5.94. The van der Waals surface area contributed by atoms with E-state index in [2.05, 4.69) is 43.4 Å². The second-order valence-electron chi connectivity index (χ2n) is 8.41. The molecule has 1 amide bonds. The van der Waals surface area contributed by atoms with Gasteiger partial charge in [-0.15, -0.1) is 11.3 Å². The number of carbonyl (C=O) groups excluding carboxylic acids is 1. The number of benzene rings is 2. The van der Waals surface area contributed by atoms with Crippen molar-refractivity contribution < 1.29 is 4.79 Å². The molecule has 3 aromatic rings. The summed E-state index contributed by atoms with van der Waals surface area (Å²) in [6.07, 6.45) is 7.32. The van der Waals surface area contributed by atoms with Gasteiger partial charge in [0.1, 0.15) is 0 Å². The van der Waals surface area contributed by atoms with Crippen LogP contribution in [0.25, 0.3) is 11.8 Å². The van der Waals surface area contributed by atoms with Crippen LogP contribution in [0.15, 0.2) is 83.5 Å². The molecular formula is C29H30N2OS. The smallest absolute Gasteiger partial charge is 0.265 e. The highest BCUT2D eigenvalue weighted by atomic mass is 32.1. The van der Waals surface area contributed by atoms with E-state index in [0.29, 0.717) is 0 Å². The Morgan fingerprint density at radius 3 is 2.36 bits per heavy atom. The maximum absolute atomic E-state index is 13.1. The third-order valence-electron chi connectivity index (χ3n) is 6.00. The highest BCUT2D eigenvalue weighted by molar-refractivity contribution is 7.15. The monoisotopic (exact) mass is 454 g/mol. The van der Waals surface area contributed by atoms with E-state index >= 15 is 0 Å². The Kier molecular flexibility index (Phi) is 7.36. The van der Waals surface area contributed by atoms with Gasteiger partial charge in [0.15, 0.2) is 0 Å². The minimum absolute atomic E-state index is 0.0752. The summed E-state index contributed by atoms with van der Waals surface area (Å²) < 4.78 is 0. The van der Waals surface area contributed by atoms with Crippen molar-refractivity contribution in [1.29, 1.82) is 0 Å². The van der Waals surface area contributed by atoms with Crippen LogP contribution in [0.3, 0.4) is 0 Å².